The van der Waals surface area contributed by atoms with E-state index in [-0.39, 0.29) is 24.9 Å². The summed E-state index contributed by atoms with van der Waals surface area (Å²) < 4.78 is 0. The number of aliphatic hydroxyl groups is 1. The van der Waals surface area contributed by atoms with Gasteiger partial charge in [0, 0.05) is 50.4 Å². The maximum absolute atomic E-state index is 13.4. The Morgan fingerprint density at radius 1 is 0.935 bits per heavy atom. The van der Waals surface area contributed by atoms with Crippen LogP contribution in [-0.2, 0) is 0 Å². The van der Waals surface area contributed by atoms with Crippen LogP contribution in [0.3, 0.4) is 0 Å². The van der Waals surface area contributed by atoms with Gasteiger partial charge < -0.3 is 5.11 Å². The highest BCUT2D eigenvalue weighted by Gasteiger charge is 2.37. The van der Waals surface area contributed by atoms with E-state index in [0.717, 1.165) is 50.5 Å². The van der Waals surface area contributed by atoms with Crippen LogP contribution in [0, 0.1) is 0 Å². The molecule has 1 saturated heterocycles. The maximum Gasteiger partial charge on any atom is 0.259 e. The van der Waals surface area contributed by atoms with Gasteiger partial charge in [-0.25, -0.2) is 0 Å². The summed E-state index contributed by atoms with van der Waals surface area (Å²) in [5, 5.41) is 9.17. The minimum atomic E-state index is -0.421. The molecule has 0 aromatic heterocycles. The van der Waals surface area contributed by atoms with Gasteiger partial charge in [0.25, 0.3) is 5.91 Å². The van der Waals surface area contributed by atoms with Gasteiger partial charge in [0.15, 0.2) is 0 Å². The fourth-order valence-electron chi connectivity index (χ4n) is 4.58. The van der Waals surface area contributed by atoms with Crippen LogP contribution in [0.2, 0.25) is 0 Å². The zero-order chi connectivity index (χ0) is 21.1. The number of benzene rings is 2. The Kier molecular flexibility index (Phi) is 7.55. The number of aliphatic hydroxyl groups excluding tert-OH is 1. The van der Waals surface area contributed by atoms with E-state index in [1.807, 2.05) is 41.3 Å². The number of amides is 1. The summed E-state index contributed by atoms with van der Waals surface area (Å²) in [6, 6.07) is 17.8. The normalized spacial score (nSPS) is 18.7. The van der Waals surface area contributed by atoms with E-state index in [1.165, 1.54) is 5.57 Å². The van der Waals surface area contributed by atoms with Crippen LogP contribution >= 0.6 is 12.4 Å². The molecule has 0 bridgehead atoms. The summed E-state index contributed by atoms with van der Waals surface area (Å²) in [5.41, 5.74) is 3.68. The Balaban J connectivity index is 0.00000272. The largest absolute Gasteiger partial charge is 0.395 e. The van der Waals surface area contributed by atoms with Crippen LogP contribution in [0.4, 0.5) is 5.69 Å². The van der Waals surface area contributed by atoms with Gasteiger partial charge in [0.05, 0.1) is 17.8 Å². The van der Waals surface area contributed by atoms with Crippen molar-refractivity contribution in [3.8, 4) is 0 Å². The smallest absolute Gasteiger partial charge is 0.259 e. The second-order valence-electron chi connectivity index (χ2n) is 8.69. The molecule has 0 spiro atoms. The first-order valence-electron chi connectivity index (χ1n) is 10.8. The quantitative estimate of drug-likeness (QED) is 0.770. The summed E-state index contributed by atoms with van der Waals surface area (Å²) in [6.07, 6.45) is 2.26. The van der Waals surface area contributed by atoms with Crippen molar-refractivity contribution < 1.29 is 9.90 Å². The van der Waals surface area contributed by atoms with Gasteiger partial charge in [-0.15, -0.1) is 12.4 Å². The van der Waals surface area contributed by atoms with E-state index in [2.05, 4.69) is 47.9 Å². The first-order chi connectivity index (χ1) is 14.5. The van der Waals surface area contributed by atoms with Crippen molar-refractivity contribution in [2.24, 2.45) is 0 Å². The monoisotopic (exact) mass is 441 g/mol. The number of nitrogens with zero attached hydrogens (tertiary/aromatic N) is 3. The standard InChI is InChI=1S/C25H31N3O2.ClH/c1-25(2)18-21(19-27-14-12-26(13-15-27)16-17-29)22-10-6-7-11-23(22)28(25)24(30)20-8-4-3-5-9-20;/h3-11,18,29H,12-17,19H2,1-2H3;1H. The molecule has 0 aliphatic carbocycles. The highest BCUT2D eigenvalue weighted by atomic mass is 35.5. The number of carbonyl (C=O) groups is 1. The van der Waals surface area contributed by atoms with Crippen molar-refractivity contribution in [3.05, 3.63) is 71.8 Å². The van der Waals surface area contributed by atoms with Crippen LogP contribution < -0.4 is 4.90 Å². The number of halogens is 1. The second kappa shape index (κ2) is 9.96. The number of rotatable bonds is 5. The van der Waals surface area contributed by atoms with Crippen LogP contribution in [0.25, 0.3) is 5.57 Å². The Morgan fingerprint density at radius 2 is 1.55 bits per heavy atom. The number of hydrogen-bond donors (Lipinski definition) is 1. The molecule has 0 radical (unpaired) electrons. The predicted molar refractivity (Wildman–Crippen MR) is 129 cm³/mol. The average molecular weight is 442 g/mol. The lowest BCUT2D eigenvalue weighted by Crippen LogP contribution is -2.50. The molecule has 2 aromatic carbocycles. The Hall–Kier alpha value is -2.18. The molecule has 6 heteroatoms. The van der Waals surface area contributed by atoms with Gasteiger partial charge in [0.1, 0.15) is 0 Å². The van der Waals surface area contributed by atoms with Gasteiger partial charge >= 0.3 is 0 Å². The summed E-state index contributed by atoms with van der Waals surface area (Å²) in [7, 11) is 0. The third kappa shape index (κ3) is 5.01. The number of carbonyl (C=O) groups excluding carboxylic acids is 1. The summed E-state index contributed by atoms with van der Waals surface area (Å²) in [4.78, 5) is 20.1. The van der Waals surface area contributed by atoms with Gasteiger partial charge in [-0.3, -0.25) is 19.5 Å². The van der Waals surface area contributed by atoms with E-state index >= 15 is 0 Å². The number of β-amino-alcohol motifs (C(OH)–C–C–N with tert-alkyl or cyclic N) is 1. The second-order valence-corrected chi connectivity index (χ2v) is 8.69. The van der Waals surface area contributed by atoms with Crippen LogP contribution in [-0.4, -0.2) is 72.2 Å². The molecule has 0 atom stereocenters. The number of piperazine rings is 1. The topological polar surface area (TPSA) is 47.0 Å². The number of hydrogen-bond acceptors (Lipinski definition) is 4. The molecule has 0 unspecified atom stereocenters. The summed E-state index contributed by atoms with van der Waals surface area (Å²) >= 11 is 0. The highest BCUT2D eigenvalue weighted by molar-refractivity contribution is 6.10. The van der Waals surface area contributed by atoms with Crippen molar-refractivity contribution in [2.75, 3.05) is 50.8 Å². The first kappa shape index (κ1) is 23.5. The van der Waals surface area contributed by atoms with Gasteiger partial charge in [-0.1, -0.05) is 42.5 Å². The maximum atomic E-state index is 13.4. The van der Waals surface area contributed by atoms with Crippen molar-refractivity contribution in [1.82, 2.24) is 9.80 Å². The van der Waals surface area contributed by atoms with Crippen molar-refractivity contribution in [3.63, 3.8) is 0 Å². The van der Waals surface area contributed by atoms with Crippen LogP contribution in [0.15, 0.2) is 60.7 Å². The lowest BCUT2D eigenvalue weighted by atomic mass is 9.87. The SMILES string of the molecule is CC1(C)C=C(CN2CCN(CCO)CC2)c2ccccc2N1C(=O)c1ccccc1.Cl. The van der Waals surface area contributed by atoms with E-state index < -0.39 is 5.54 Å². The molecule has 1 fully saturated rings. The molecule has 0 saturated carbocycles. The minimum Gasteiger partial charge on any atom is -0.395 e. The van der Waals surface area contributed by atoms with E-state index in [1.54, 1.807) is 0 Å². The fourth-order valence-corrected chi connectivity index (χ4v) is 4.58. The van der Waals surface area contributed by atoms with E-state index in [0.29, 0.717) is 5.56 Å². The third-order valence-corrected chi connectivity index (χ3v) is 6.09. The van der Waals surface area contributed by atoms with Crippen LogP contribution in [0.5, 0.6) is 0 Å². The zero-order valence-corrected chi connectivity index (χ0v) is 19.1. The Bertz CT molecular complexity index is 921. The van der Waals surface area contributed by atoms with E-state index in [9.17, 15) is 4.79 Å². The van der Waals surface area contributed by atoms with Crippen molar-refractivity contribution in [1.29, 1.82) is 0 Å². The molecule has 4 rings (SSSR count). The van der Waals surface area contributed by atoms with Crippen LogP contribution in [0.1, 0.15) is 29.8 Å². The first-order valence-corrected chi connectivity index (χ1v) is 10.8. The molecular weight excluding hydrogens is 410 g/mol. The fraction of sp³-hybridized carbons (Fsp3) is 0.400. The number of fused-ring (bicyclic) bond motifs is 1. The molecule has 2 aliphatic heterocycles. The summed E-state index contributed by atoms with van der Waals surface area (Å²) in [6.45, 7) is 10.0. The van der Waals surface area contributed by atoms with Gasteiger partial charge in [0.2, 0.25) is 0 Å². The highest BCUT2D eigenvalue weighted by Crippen LogP contribution is 2.40. The molecule has 1 amide bonds. The molecule has 5 nitrogen and oxygen atoms in total. The summed E-state index contributed by atoms with van der Waals surface area (Å²) in [5.74, 6) is 0.0287. The van der Waals surface area contributed by atoms with Crippen molar-refractivity contribution >= 4 is 29.6 Å². The minimum absolute atomic E-state index is 0. The molecule has 2 heterocycles. The number of para-hydroxylation sites is 1. The molecule has 31 heavy (non-hydrogen) atoms. The lowest BCUT2D eigenvalue weighted by Gasteiger charge is -2.43. The molecule has 1 N–H and O–H groups in total. The Labute approximate surface area is 191 Å². The van der Waals surface area contributed by atoms with Crippen molar-refractivity contribution in [2.45, 2.75) is 19.4 Å². The molecule has 2 aliphatic rings. The average Bonchev–Trinajstić information content (AvgIpc) is 2.75. The third-order valence-electron chi connectivity index (χ3n) is 6.09. The predicted octanol–water partition coefficient (Wildman–Crippen LogP) is 3.54. The zero-order valence-electron chi connectivity index (χ0n) is 18.3. The van der Waals surface area contributed by atoms with Gasteiger partial charge in [-0.2, -0.15) is 0 Å². The molecular formula is C25H32ClN3O2. The number of anilines is 1. The Morgan fingerprint density at radius 3 is 2.23 bits per heavy atom. The molecule has 2 aromatic rings. The molecule has 166 valence electrons. The van der Waals surface area contributed by atoms with E-state index in [4.69, 9.17) is 5.11 Å². The van der Waals surface area contributed by atoms with Gasteiger partial charge in [-0.05, 0) is 37.6 Å². The lowest BCUT2D eigenvalue weighted by molar-refractivity contribution is 0.0969.